The van der Waals surface area contributed by atoms with E-state index < -0.39 is 41.6 Å². The highest BCUT2D eigenvalue weighted by molar-refractivity contribution is 14.1. The second kappa shape index (κ2) is 15.4. The maximum absolute atomic E-state index is 13.2. The molecule has 13 heteroatoms. The number of aromatic amines is 1. The first-order valence-electron chi connectivity index (χ1n) is 13.5. The van der Waals surface area contributed by atoms with Crippen LogP contribution in [0.1, 0.15) is 38.3 Å². The molecule has 0 aliphatic carbocycles. The summed E-state index contributed by atoms with van der Waals surface area (Å²) in [6, 6.07) is 9.29. The van der Waals surface area contributed by atoms with Gasteiger partial charge in [0, 0.05) is 41.9 Å². The van der Waals surface area contributed by atoms with E-state index in [1.54, 1.807) is 40.1 Å². The zero-order valence-electron chi connectivity index (χ0n) is 24.6. The van der Waals surface area contributed by atoms with Crippen molar-refractivity contribution in [2.45, 2.75) is 57.7 Å². The van der Waals surface area contributed by atoms with Gasteiger partial charge in [-0.05, 0) is 88.6 Å². The maximum atomic E-state index is 13.2. The number of carbonyl (C=O) groups excluding carboxylic acids is 4. The van der Waals surface area contributed by atoms with Gasteiger partial charge in [-0.1, -0.05) is 18.2 Å². The number of rotatable bonds is 12. The van der Waals surface area contributed by atoms with Crippen LogP contribution in [-0.4, -0.2) is 67.3 Å². The molecule has 1 aromatic heterocycles. The van der Waals surface area contributed by atoms with Crippen molar-refractivity contribution in [3.8, 4) is 5.75 Å². The second-order valence-electron chi connectivity index (χ2n) is 10.7. The predicted molar refractivity (Wildman–Crippen MR) is 174 cm³/mol. The van der Waals surface area contributed by atoms with Crippen LogP contribution in [0, 0.1) is 3.57 Å². The van der Waals surface area contributed by atoms with Gasteiger partial charge in [0.2, 0.25) is 11.8 Å². The van der Waals surface area contributed by atoms with Crippen molar-refractivity contribution in [1.29, 1.82) is 0 Å². The van der Waals surface area contributed by atoms with Crippen molar-refractivity contribution in [3.05, 3.63) is 61.8 Å². The number of halogens is 2. The minimum Gasteiger partial charge on any atom is -0.496 e. The molecule has 2 atom stereocenters. The molecule has 11 nitrogen and oxygen atoms in total. The van der Waals surface area contributed by atoms with E-state index >= 15 is 0 Å². The van der Waals surface area contributed by atoms with Crippen molar-refractivity contribution in [3.63, 3.8) is 0 Å². The van der Waals surface area contributed by atoms with Gasteiger partial charge < -0.3 is 35.1 Å². The van der Waals surface area contributed by atoms with Gasteiger partial charge in [0.15, 0.2) is 0 Å². The van der Waals surface area contributed by atoms with Gasteiger partial charge >= 0.3 is 12.1 Å². The molecule has 1 heterocycles. The monoisotopic (exact) mass is 770 g/mol. The number of methoxy groups -OCH3 is 2. The molecule has 3 rings (SSSR count). The molecule has 3 amide bonds. The average molecular weight is 771 g/mol. The largest absolute Gasteiger partial charge is 0.496 e. The highest BCUT2D eigenvalue weighted by atomic mass is 127. The van der Waals surface area contributed by atoms with Crippen LogP contribution in [-0.2, 0) is 36.7 Å². The molecular weight excluding hydrogens is 735 g/mol. The third kappa shape index (κ3) is 10.1. The van der Waals surface area contributed by atoms with Crippen LogP contribution in [0.15, 0.2) is 47.1 Å². The van der Waals surface area contributed by atoms with E-state index in [-0.39, 0.29) is 25.8 Å². The Labute approximate surface area is 272 Å². The summed E-state index contributed by atoms with van der Waals surface area (Å²) in [5.41, 5.74) is 1.76. The molecule has 0 aliphatic heterocycles. The fraction of sp³-hybridized carbons (Fsp3) is 0.400. The first kappa shape index (κ1) is 34.2. The van der Waals surface area contributed by atoms with E-state index in [1.807, 2.05) is 30.3 Å². The molecule has 0 bridgehead atoms. The summed E-state index contributed by atoms with van der Waals surface area (Å²) in [6.07, 6.45) is 1.35. The molecule has 2 aromatic carbocycles. The lowest BCUT2D eigenvalue weighted by atomic mass is 10.0. The Kier molecular flexibility index (Phi) is 12.2. The number of amides is 3. The number of ether oxygens (including phenoxy) is 3. The molecule has 232 valence electrons. The Balaban J connectivity index is 1.63. The molecule has 0 unspecified atom stereocenters. The zero-order valence-corrected chi connectivity index (χ0v) is 28.4. The molecule has 0 aliphatic rings. The molecule has 4 N–H and O–H groups in total. The molecule has 0 radical (unpaired) electrons. The number of esters is 1. The number of nitrogens with one attached hydrogen (secondary N) is 4. The molecule has 3 aromatic rings. The smallest absolute Gasteiger partial charge is 0.408 e. The highest BCUT2D eigenvalue weighted by Crippen LogP contribution is 2.26. The third-order valence-electron chi connectivity index (χ3n) is 6.31. The lowest BCUT2D eigenvalue weighted by Crippen LogP contribution is -2.50. The lowest BCUT2D eigenvalue weighted by molar-refractivity contribution is -0.145. The number of benzene rings is 2. The fourth-order valence-corrected chi connectivity index (χ4v) is 5.60. The Morgan fingerprint density at radius 1 is 1.02 bits per heavy atom. The molecule has 0 saturated carbocycles. The van der Waals surface area contributed by atoms with E-state index in [1.165, 1.54) is 7.11 Å². The molecule has 0 saturated heterocycles. The Morgan fingerprint density at radius 3 is 2.42 bits per heavy atom. The van der Waals surface area contributed by atoms with Crippen LogP contribution in [0.2, 0.25) is 0 Å². The molecular formula is C30H36BrIN4O7. The van der Waals surface area contributed by atoms with Gasteiger partial charge in [-0.3, -0.25) is 9.59 Å². The van der Waals surface area contributed by atoms with E-state index in [4.69, 9.17) is 14.2 Å². The Bertz CT molecular complexity index is 1470. The Hall–Kier alpha value is -3.33. The van der Waals surface area contributed by atoms with Crippen molar-refractivity contribution >= 4 is 73.3 Å². The van der Waals surface area contributed by atoms with Crippen LogP contribution < -0.4 is 20.7 Å². The summed E-state index contributed by atoms with van der Waals surface area (Å²) in [5, 5.41) is 8.97. The summed E-state index contributed by atoms with van der Waals surface area (Å²) >= 11 is 5.63. The van der Waals surface area contributed by atoms with Crippen LogP contribution in [0.3, 0.4) is 0 Å². The summed E-state index contributed by atoms with van der Waals surface area (Å²) in [5.74, 6) is -0.826. The van der Waals surface area contributed by atoms with E-state index in [2.05, 4.69) is 59.5 Å². The van der Waals surface area contributed by atoms with Crippen LogP contribution in [0.5, 0.6) is 5.75 Å². The van der Waals surface area contributed by atoms with E-state index in [0.29, 0.717) is 5.75 Å². The topological polar surface area (TPSA) is 148 Å². The van der Waals surface area contributed by atoms with Gasteiger partial charge in [0.25, 0.3) is 0 Å². The summed E-state index contributed by atoms with van der Waals surface area (Å²) in [4.78, 5) is 54.2. The highest BCUT2D eigenvalue weighted by Gasteiger charge is 2.26. The number of H-pyrrole nitrogens is 1. The minimum atomic E-state index is -0.967. The minimum absolute atomic E-state index is 0.0226. The number of hydrogen-bond donors (Lipinski definition) is 4. The lowest BCUT2D eigenvalue weighted by Gasteiger charge is -2.23. The quantitative estimate of drug-likeness (QED) is 0.158. The summed E-state index contributed by atoms with van der Waals surface area (Å²) in [7, 11) is 2.83. The first-order chi connectivity index (χ1) is 20.3. The Morgan fingerprint density at radius 2 is 1.77 bits per heavy atom. The number of alkyl carbamates (subject to hydrolysis) is 1. The van der Waals surface area contributed by atoms with E-state index in [0.717, 1.165) is 30.1 Å². The van der Waals surface area contributed by atoms with Crippen LogP contribution >= 0.6 is 38.5 Å². The summed E-state index contributed by atoms with van der Waals surface area (Å²) < 4.78 is 17.3. The van der Waals surface area contributed by atoms with Gasteiger partial charge in [-0.2, -0.15) is 0 Å². The van der Waals surface area contributed by atoms with Crippen molar-refractivity contribution in [2.24, 2.45) is 0 Å². The van der Waals surface area contributed by atoms with Gasteiger partial charge in [-0.25, -0.2) is 9.59 Å². The SMILES string of the molecule is COC(=O)[C@H](Cc1c[nH]c2c(Br)cccc12)NC(=O)CCNC(=O)[C@H](Cc1ccc(OC)c(I)c1)NC(=O)OC(C)(C)C. The number of hydrogen-bond acceptors (Lipinski definition) is 7. The van der Waals surface area contributed by atoms with Crippen molar-refractivity contribution in [2.75, 3.05) is 20.8 Å². The first-order valence-corrected chi connectivity index (χ1v) is 15.4. The van der Waals surface area contributed by atoms with Crippen LogP contribution in [0.25, 0.3) is 10.9 Å². The second-order valence-corrected chi connectivity index (χ2v) is 12.8. The molecule has 43 heavy (non-hydrogen) atoms. The third-order valence-corrected chi connectivity index (χ3v) is 7.81. The van der Waals surface area contributed by atoms with Crippen LogP contribution in [0.4, 0.5) is 4.79 Å². The predicted octanol–water partition coefficient (Wildman–Crippen LogP) is 4.39. The normalized spacial score (nSPS) is 12.6. The number of aromatic nitrogens is 1. The number of carbonyl (C=O) groups is 4. The summed E-state index contributed by atoms with van der Waals surface area (Å²) in [6.45, 7) is 5.16. The number of fused-ring (bicyclic) bond motifs is 1. The standard InChI is InChI=1S/C30H36BrIN4O7/c1-30(2,3)43-29(40)36-22(14-17-9-10-24(41-4)21(32)13-17)27(38)33-12-11-25(37)35-23(28(39)42-5)15-18-16-34-26-19(18)7-6-8-20(26)31/h6-10,13,16,22-23,34H,11-12,14-15H2,1-5H3,(H,33,38)(H,35,37)(H,36,40)/t22-,23-/m0/s1. The van der Waals surface area contributed by atoms with Crippen molar-refractivity contribution < 1.29 is 33.4 Å². The maximum Gasteiger partial charge on any atom is 0.408 e. The number of para-hydroxylation sites is 1. The van der Waals surface area contributed by atoms with Crippen molar-refractivity contribution in [1.82, 2.24) is 20.9 Å². The molecule has 0 spiro atoms. The van der Waals surface area contributed by atoms with Gasteiger partial charge in [-0.15, -0.1) is 0 Å². The van der Waals surface area contributed by atoms with Gasteiger partial charge in [0.05, 0.1) is 23.3 Å². The average Bonchev–Trinajstić information content (AvgIpc) is 3.34. The van der Waals surface area contributed by atoms with E-state index in [9.17, 15) is 19.2 Å². The van der Waals surface area contributed by atoms with Gasteiger partial charge in [0.1, 0.15) is 23.4 Å². The fourth-order valence-electron chi connectivity index (χ4n) is 4.32. The zero-order chi connectivity index (χ0) is 31.7. The molecule has 0 fully saturated rings.